The highest BCUT2D eigenvalue weighted by molar-refractivity contribution is 7.13. The zero-order chi connectivity index (χ0) is 23.9. The van der Waals surface area contributed by atoms with Crippen LogP contribution in [0.25, 0.3) is 10.6 Å². The first kappa shape index (κ1) is 22.1. The van der Waals surface area contributed by atoms with E-state index in [1.165, 1.54) is 5.56 Å². The zero-order valence-electron chi connectivity index (χ0n) is 19.4. The van der Waals surface area contributed by atoms with Gasteiger partial charge in [0.1, 0.15) is 16.9 Å². The van der Waals surface area contributed by atoms with Crippen LogP contribution in [0.5, 0.6) is 0 Å². The molecule has 0 aliphatic carbocycles. The highest BCUT2D eigenvalue weighted by Crippen LogP contribution is 2.35. The molecular weight excluding hydrogens is 444 g/mol. The number of rotatable bonds is 5. The Bertz CT molecular complexity index is 1340. The summed E-state index contributed by atoms with van der Waals surface area (Å²) in [5.74, 6) is -0.459. The Kier molecular flexibility index (Phi) is 5.57. The van der Waals surface area contributed by atoms with E-state index in [0.29, 0.717) is 17.9 Å². The largest absolute Gasteiger partial charge is 0.350 e. The van der Waals surface area contributed by atoms with Crippen LogP contribution in [0, 0.1) is 13.8 Å². The van der Waals surface area contributed by atoms with Crippen molar-refractivity contribution in [1.29, 1.82) is 0 Å². The Balaban J connectivity index is 1.52. The van der Waals surface area contributed by atoms with Crippen molar-refractivity contribution >= 4 is 28.8 Å². The lowest BCUT2D eigenvalue weighted by molar-refractivity contribution is -0.126. The molecule has 1 atom stereocenters. The van der Waals surface area contributed by atoms with E-state index in [1.807, 2.05) is 92.9 Å². The number of nitrogens with zero attached hydrogens (tertiary/aromatic N) is 3. The minimum Gasteiger partial charge on any atom is -0.350 e. The number of fused-ring (bicyclic) bond motifs is 1. The Morgan fingerprint density at radius 1 is 1.06 bits per heavy atom. The summed E-state index contributed by atoms with van der Waals surface area (Å²) >= 11 is 1.57. The van der Waals surface area contributed by atoms with Crippen LogP contribution in [0.2, 0.25) is 0 Å². The van der Waals surface area contributed by atoms with Crippen molar-refractivity contribution in [2.45, 2.75) is 39.4 Å². The van der Waals surface area contributed by atoms with Crippen LogP contribution >= 0.6 is 11.3 Å². The maximum absolute atomic E-state index is 13.8. The SMILES string of the molecule is Cc1ccc(CNC(=O)[C@]2(C)Cn3nc(-c4cccs4)cc3C(=O)N2c2ccc(C)cc2)cc1. The van der Waals surface area contributed by atoms with E-state index in [0.717, 1.165) is 21.7 Å². The smallest absolute Gasteiger partial charge is 0.277 e. The first-order valence-corrected chi connectivity index (χ1v) is 12.1. The van der Waals surface area contributed by atoms with Crippen molar-refractivity contribution < 1.29 is 9.59 Å². The first-order chi connectivity index (χ1) is 16.3. The van der Waals surface area contributed by atoms with Crippen molar-refractivity contribution in [2.24, 2.45) is 0 Å². The molecular formula is C27H26N4O2S. The second-order valence-electron chi connectivity index (χ2n) is 8.97. The van der Waals surface area contributed by atoms with Gasteiger partial charge in [-0.2, -0.15) is 5.10 Å². The molecule has 4 aromatic rings. The summed E-state index contributed by atoms with van der Waals surface area (Å²) in [6, 6.07) is 21.5. The van der Waals surface area contributed by atoms with Crippen LogP contribution in [0.15, 0.2) is 72.1 Å². The average Bonchev–Trinajstić information content (AvgIpc) is 3.50. The van der Waals surface area contributed by atoms with Gasteiger partial charge >= 0.3 is 0 Å². The maximum atomic E-state index is 13.8. The number of carbonyl (C=O) groups is 2. The van der Waals surface area contributed by atoms with Crippen molar-refractivity contribution in [1.82, 2.24) is 15.1 Å². The molecule has 6 nitrogen and oxygen atoms in total. The van der Waals surface area contributed by atoms with Gasteiger partial charge in [-0.3, -0.25) is 19.2 Å². The molecule has 7 heteroatoms. The number of amides is 2. The van der Waals surface area contributed by atoms with E-state index in [2.05, 4.69) is 5.32 Å². The standard InChI is InChI=1S/C27H26N4O2S/c1-18-6-10-20(11-7-18)16-28-26(33)27(3)17-30-23(15-22(29-30)24-5-4-14-34-24)25(32)31(27)21-12-8-19(2)9-13-21/h4-15H,16-17H2,1-3H3,(H,28,33)/t27-/m0/s1. The fourth-order valence-electron chi connectivity index (χ4n) is 4.30. The molecule has 1 N–H and O–H groups in total. The third kappa shape index (κ3) is 3.92. The van der Waals surface area contributed by atoms with Crippen LogP contribution < -0.4 is 10.2 Å². The summed E-state index contributed by atoms with van der Waals surface area (Å²) in [7, 11) is 0. The Hall–Kier alpha value is -3.71. The number of thiophene rings is 1. The van der Waals surface area contributed by atoms with Crippen molar-refractivity contribution in [3.8, 4) is 10.6 Å². The van der Waals surface area contributed by atoms with Gasteiger partial charge in [-0.05, 0) is 56.0 Å². The van der Waals surface area contributed by atoms with Crippen molar-refractivity contribution in [2.75, 3.05) is 4.90 Å². The maximum Gasteiger partial charge on any atom is 0.277 e. The molecule has 0 radical (unpaired) electrons. The highest BCUT2D eigenvalue weighted by Gasteiger charge is 2.48. The van der Waals surface area contributed by atoms with Crippen molar-refractivity contribution in [3.63, 3.8) is 0 Å². The molecule has 172 valence electrons. The quantitative estimate of drug-likeness (QED) is 0.448. The molecule has 0 bridgehead atoms. The lowest BCUT2D eigenvalue weighted by Gasteiger charge is -2.43. The van der Waals surface area contributed by atoms with Gasteiger partial charge in [0.15, 0.2) is 0 Å². The first-order valence-electron chi connectivity index (χ1n) is 11.2. The number of anilines is 1. The molecule has 0 spiro atoms. The fourth-order valence-corrected chi connectivity index (χ4v) is 4.98. The van der Waals surface area contributed by atoms with Gasteiger partial charge < -0.3 is 5.32 Å². The Labute approximate surface area is 202 Å². The van der Waals surface area contributed by atoms with Crippen LogP contribution in [-0.2, 0) is 17.9 Å². The number of carbonyl (C=O) groups excluding carboxylic acids is 2. The predicted octanol–water partition coefficient (Wildman–Crippen LogP) is 4.96. The van der Waals surface area contributed by atoms with Gasteiger partial charge in [-0.25, -0.2) is 0 Å². The molecule has 3 heterocycles. The number of benzene rings is 2. The van der Waals surface area contributed by atoms with Crippen molar-refractivity contribution in [3.05, 3.63) is 94.5 Å². The average molecular weight is 471 g/mol. The number of aromatic nitrogens is 2. The van der Waals surface area contributed by atoms with Gasteiger partial charge in [0.2, 0.25) is 5.91 Å². The molecule has 2 aromatic heterocycles. The summed E-state index contributed by atoms with van der Waals surface area (Å²) in [5.41, 5.74) is 4.02. The van der Waals surface area contributed by atoms with Gasteiger partial charge in [0, 0.05) is 12.2 Å². The van der Waals surface area contributed by atoms with E-state index in [9.17, 15) is 9.59 Å². The van der Waals surface area contributed by atoms with E-state index >= 15 is 0 Å². The molecule has 34 heavy (non-hydrogen) atoms. The summed E-state index contributed by atoms with van der Waals surface area (Å²) in [5, 5.41) is 9.73. The van der Waals surface area contributed by atoms with E-state index in [-0.39, 0.29) is 18.4 Å². The molecule has 0 saturated heterocycles. The molecule has 2 amide bonds. The Morgan fingerprint density at radius 2 is 1.74 bits per heavy atom. The van der Waals surface area contributed by atoms with Crippen LogP contribution in [0.3, 0.4) is 0 Å². The monoisotopic (exact) mass is 470 g/mol. The minimum absolute atomic E-state index is 0.221. The minimum atomic E-state index is -1.15. The molecule has 0 saturated carbocycles. The molecule has 1 aliphatic rings. The lowest BCUT2D eigenvalue weighted by Crippen LogP contribution is -2.64. The number of aryl methyl sites for hydroxylation is 2. The highest BCUT2D eigenvalue weighted by atomic mass is 32.1. The van der Waals surface area contributed by atoms with E-state index in [4.69, 9.17) is 5.10 Å². The summed E-state index contributed by atoms with van der Waals surface area (Å²) in [6.07, 6.45) is 0. The van der Waals surface area contributed by atoms with Crippen LogP contribution in [0.4, 0.5) is 5.69 Å². The Morgan fingerprint density at radius 3 is 2.38 bits per heavy atom. The topological polar surface area (TPSA) is 67.2 Å². The van der Waals surface area contributed by atoms with Crippen LogP contribution in [0.1, 0.15) is 34.1 Å². The van der Waals surface area contributed by atoms with Gasteiger partial charge in [0.25, 0.3) is 5.91 Å². The summed E-state index contributed by atoms with van der Waals surface area (Å²) in [6.45, 7) is 6.48. The van der Waals surface area contributed by atoms with Gasteiger partial charge in [-0.15, -0.1) is 11.3 Å². The van der Waals surface area contributed by atoms with E-state index < -0.39 is 5.54 Å². The van der Waals surface area contributed by atoms with E-state index in [1.54, 1.807) is 20.9 Å². The van der Waals surface area contributed by atoms with Crippen LogP contribution in [-0.4, -0.2) is 27.1 Å². The number of hydrogen-bond acceptors (Lipinski definition) is 4. The van der Waals surface area contributed by atoms with Gasteiger partial charge in [-0.1, -0.05) is 53.6 Å². The third-order valence-electron chi connectivity index (χ3n) is 6.28. The number of hydrogen-bond donors (Lipinski definition) is 1. The summed E-state index contributed by atoms with van der Waals surface area (Å²) in [4.78, 5) is 30.1. The number of nitrogens with one attached hydrogen (secondary N) is 1. The molecule has 1 aliphatic heterocycles. The van der Waals surface area contributed by atoms with Gasteiger partial charge in [0.05, 0.1) is 11.4 Å². The summed E-state index contributed by atoms with van der Waals surface area (Å²) < 4.78 is 1.67. The molecule has 5 rings (SSSR count). The lowest BCUT2D eigenvalue weighted by atomic mass is 9.93. The normalized spacial score (nSPS) is 17.5. The molecule has 2 aromatic carbocycles. The zero-order valence-corrected chi connectivity index (χ0v) is 20.2. The third-order valence-corrected chi connectivity index (χ3v) is 7.17. The predicted molar refractivity (Wildman–Crippen MR) is 135 cm³/mol. The second kappa shape index (κ2) is 8.57. The second-order valence-corrected chi connectivity index (χ2v) is 9.92. The molecule has 0 fully saturated rings. The molecule has 0 unspecified atom stereocenters. The fraction of sp³-hybridized carbons (Fsp3) is 0.222.